The normalized spacial score (nSPS) is 15.1. The van der Waals surface area contributed by atoms with Crippen LogP contribution >= 0.6 is 0 Å². The molecule has 0 bridgehead atoms. The fourth-order valence-corrected chi connectivity index (χ4v) is 1.64. The molecule has 0 aliphatic heterocycles. The van der Waals surface area contributed by atoms with E-state index >= 15 is 0 Å². The Kier molecular flexibility index (Phi) is 4.83. The fraction of sp³-hybridized carbons (Fsp3) is 0.583. The number of aliphatic hydroxyl groups is 1. The second-order valence-electron chi connectivity index (χ2n) is 4.01. The zero-order valence-corrected chi connectivity index (χ0v) is 9.85. The predicted octanol–water partition coefficient (Wildman–Crippen LogP) is 2.32. The Hall–Kier alpha value is -1.00. The van der Waals surface area contributed by atoms with Crippen LogP contribution < -0.4 is 0 Å². The van der Waals surface area contributed by atoms with E-state index in [4.69, 9.17) is 4.74 Å². The van der Waals surface area contributed by atoms with Crippen molar-refractivity contribution >= 4 is 0 Å². The summed E-state index contributed by atoms with van der Waals surface area (Å²) in [5.74, 6) is -0.386. The number of hydrogen-bond acceptors (Lipinski definition) is 3. The quantitative estimate of drug-likeness (QED) is 0.839. The number of aliphatic hydroxyl groups excluding tert-OH is 1. The molecule has 16 heavy (non-hydrogen) atoms. The molecule has 0 radical (unpaired) electrons. The van der Waals surface area contributed by atoms with Gasteiger partial charge in [0.2, 0.25) is 0 Å². The third-order valence-electron chi connectivity index (χ3n) is 2.45. The molecule has 1 rings (SSSR count). The molecule has 0 aliphatic carbocycles. The van der Waals surface area contributed by atoms with E-state index < -0.39 is 18.0 Å². The molecule has 0 fully saturated rings. The minimum atomic E-state index is -0.956. The third kappa shape index (κ3) is 3.00. The lowest BCUT2D eigenvalue weighted by Crippen LogP contribution is -2.28. The summed E-state index contributed by atoms with van der Waals surface area (Å²) >= 11 is 0. The van der Waals surface area contributed by atoms with Gasteiger partial charge < -0.3 is 9.84 Å². The molecule has 0 saturated heterocycles. The topological polar surface area (TPSA) is 42.4 Å². The maximum absolute atomic E-state index is 13.4. The lowest BCUT2D eigenvalue weighted by atomic mass is 9.96. The minimum Gasteiger partial charge on any atom is -0.386 e. The van der Waals surface area contributed by atoms with Crippen molar-refractivity contribution < 1.29 is 14.2 Å². The van der Waals surface area contributed by atoms with Gasteiger partial charge in [-0.25, -0.2) is 4.39 Å². The second kappa shape index (κ2) is 5.92. The highest BCUT2D eigenvalue weighted by atomic mass is 19.1. The maximum Gasteiger partial charge on any atom is 0.147 e. The summed E-state index contributed by atoms with van der Waals surface area (Å²) in [5, 5.41) is 10.1. The van der Waals surface area contributed by atoms with Gasteiger partial charge in [-0.15, -0.1) is 0 Å². The van der Waals surface area contributed by atoms with Crippen LogP contribution in [-0.2, 0) is 4.74 Å². The Bertz CT molecular complexity index is 331. The number of nitrogens with zero attached hydrogens (tertiary/aromatic N) is 1. The van der Waals surface area contributed by atoms with Gasteiger partial charge in [0.05, 0.1) is 12.3 Å². The van der Waals surface area contributed by atoms with Crippen LogP contribution in [0.3, 0.4) is 0 Å². The van der Waals surface area contributed by atoms with Gasteiger partial charge in [-0.3, -0.25) is 4.98 Å². The Labute approximate surface area is 95.3 Å². The predicted molar refractivity (Wildman–Crippen MR) is 59.4 cm³/mol. The molecule has 0 saturated carbocycles. The Balaban J connectivity index is 2.90. The highest BCUT2D eigenvalue weighted by molar-refractivity contribution is 5.17. The molecule has 1 N–H and O–H groups in total. The Morgan fingerprint density at radius 3 is 2.69 bits per heavy atom. The summed E-state index contributed by atoms with van der Waals surface area (Å²) in [5.41, 5.74) is 0.238. The number of halogens is 1. The monoisotopic (exact) mass is 227 g/mol. The van der Waals surface area contributed by atoms with Crippen molar-refractivity contribution in [3.8, 4) is 0 Å². The van der Waals surface area contributed by atoms with E-state index in [2.05, 4.69) is 4.98 Å². The van der Waals surface area contributed by atoms with E-state index in [0.717, 1.165) is 6.20 Å². The van der Waals surface area contributed by atoms with Gasteiger partial charge in [0.1, 0.15) is 11.9 Å². The van der Waals surface area contributed by atoms with E-state index in [1.54, 1.807) is 0 Å². The Morgan fingerprint density at radius 2 is 2.19 bits per heavy atom. The average Bonchev–Trinajstić information content (AvgIpc) is 2.25. The van der Waals surface area contributed by atoms with Crippen LogP contribution in [0.1, 0.15) is 32.4 Å². The van der Waals surface area contributed by atoms with Crippen molar-refractivity contribution in [3.05, 3.63) is 29.8 Å². The molecule has 1 aromatic heterocycles. The first-order valence-corrected chi connectivity index (χ1v) is 5.47. The molecule has 90 valence electrons. The van der Waals surface area contributed by atoms with Crippen molar-refractivity contribution in [2.75, 3.05) is 6.61 Å². The van der Waals surface area contributed by atoms with E-state index in [1.807, 2.05) is 20.8 Å². The van der Waals surface area contributed by atoms with Gasteiger partial charge in [0.25, 0.3) is 0 Å². The maximum atomic E-state index is 13.4. The van der Waals surface area contributed by atoms with Crippen molar-refractivity contribution in [3.63, 3.8) is 0 Å². The van der Waals surface area contributed by atoms with Crippen molar-refractivity contribution in [1.29, 1.82) is 0 Å². The van der Waals surface area contributed by atoms with Gasteiger partial charge in [0.15, 0.2) is 0 Å². The number of hydrogen-bond donors (Lipinski definition) is 1. The highest BCUT2D eigenvalue weighted by Crippen LogP contribution is 2.25. The lowest BCUT2D eigenvalue weighted by molar-refractivity contribution is -0.0597. The smallest absolute Gasteiger partial charge is 0.147 e. The minimum absolute atomic E-state index is 0.113. The summed E-state index contributed by atoms with van der Waals surface area (Å²) in [4.78, 5) is 3.65. The Morgan fingerprint density at radius 1 is 1.50 bits per heavy atom. The molecule has 0 spiro atoms. The molecule has 0 aliphatic rings. The van der Waals surface area contributed by atoms with Crippen LogP contribution in [0.4, 0.5) is 4.39 Å². The van der Waals surface area contributed by atoms with Gasteiger partial charge in [-0.05, 0) is 18.9 Å². The molecular formula is C12H18FNO2. The molecule has 4 heteroatoms. The summed E-state index contributed by atoms with van der Waals surface area (Å²) in [6.45, 7) is 6.21. The SMILES string of the molecule is CCOC(C(C)C)C(O)c1ccncc1F. The van der Waals surface area contributed by atoms with Crippen LogP contribution in [-0.4, -0.2) is 22.8 Å². The first-order valence-electron chi connectivity index (χ1n) is 5.47. The number of ether oxygens (including phenoxy) is 1. The molecule has 2 unspecified atom stereocenters. The largest absolute Gasteiger partial charge is 0.386 e. The average molecular weight is 227 g/mol. The molecule has 1 heterocycles. The molecule has 0 aromatic carbocycles. The van der Waals surface area contributed by atoms with Gasteiger partial charge in [-0.1, -0.05) is 13.8 Å². The standard InChI is InChI=1S/C12H18FNO2/c1-4-16-12(8(2)3)11(15)9-5-6-14-7-10(9)13/h5-8,11-12,15H,4H2,1-3H3. The molecule has 2 atom stereocenters. The number of aromatic nitrogens is 1. The molecule has 1 aromatic rings. The second-order valence-corrected chi connectivity index (χ2v) is 4.01. The highest BCUT2D eigenvalue weighted by Gasteiger charge is 2.26. The van der Waals surface area contributed by atoms with Gasteiger partial charge in [0, 0.05) is 18.4 Å². The van der Waals surface area contributed by atoms with E-state index in [-0.39, 0.29) is 11.5 Å². The molecule has 3 nitrogen and oxygen atoms in total. The summed E-state index contributed by atoms with van der Waals surface area (Å²) in [6.07, 6.45) is 1.21. The van der Waals surface area contributed by atoms with Crippen molar-refractivity contribution in [2.45, 2.75) is 33.0 Å². The van der Waals surface area contributed by atoms with Gasteiger partial charge in [-0.2, -0.15) is 0 Å². The van der Waals surface area contributed by atoms with Crippen LogP contribution in [0.5, 0.6) is 0 Å². The summed E-state index contributed by atoms with van der Waals surface area (Å²) in [7, 11) is 0. The first kappa shape index (κ1) is 13.1. The van der Waals surface area contributed by atoms with Crippen molar-refractivity contribution in [1.82, 2.24) is 4.98 Å². The number of rotatable bonds is 5. The molecule has 0 amide bonds. The van der Waals surface area contributed by atoms with Crippen LogP contribution in [0, 0.1) is 11.7 Å². The van der Waals surface area contributed by atoms with Crippen LogP contribution in [0.25, 0.3) is 0 Å². The fourth-order valence-electron chi connectivity index (χ4n) is 1.64. The van der Waals surface area contributed by atoms with Crippen molar-refractivity contribution in [2.24, 2.45) is 5.92 Å². The van der Waals surface area contributed by atoms with E-state index in [1.165, 1.54) is 12.3 Å². The van der Waals surface area contributed by atoms with Gasteiger partial charge >= 0.3 is 0 Å². The van der Waals surface area contributed by atoms with E-state index in [0.29, 0.717) is 6.61 Å². The zero-order valence-electron chi connectivity index (χ0n) is 9.85. The third-order valence-corrected chi connectivity index (χ3v) is 2.45. The number of pyridine rings is 1. The van der Waals surface area contributed by atoms with E-state index in [9.17, 15) is 9.50 Å². The summed E-state index contributed by atoms with van der Waals surface area (Å²) in [6, 6.07) is 1.48. The van der Waals surface area contributed by atoms with Crippen LogP contribution in [0.2, 0.25) is 0 Å². The molecular weight excluding hydrogens is 209 g/mol. The lowest BCUT2D eigenvalue weighted by Gasteiger charge is -2.26. The first-order chi connectivity index (χ1) is 7.57. The summed E-state index contributed by atoms with van der Waals surface area (Å²) < 4.78 is 18.9. The zero-order chi connectivity index (χ0) is 12.1. The van der Waals surface area contributed by atoms with Crippen LogP contribution in [0.15, 0.2) is 18.5 Å².